The van der Waals surface area contributed by atoms with Crippen molar-refractivity contribution in [2.24, 2.45) is 0 Å². The lowest BCUT2D eigenvalue weighted by molar-refractivity contribution is -0.137. The highest BCUT2D eigenvalue weighted by Crippen LogP contribution is 2.35. The van der Waals surface area contributed by atoms with Gasteiger partial charge in [0.05, 0.1) is 24.4 Å². The number of ether oxygens (including phenoxy) is 1. The molecule has 1 unspecified atom stereocenters. The molecule has 3 rings (SSSR count). The number of nitrogens with one attached hydrogen (secondary N) is 2. The fourth-order valence-corrected chi connectivity index (χ4v) is 3.32. The summed E-state index contributed by atoms with van der Waals surface area (Å²) in [5.41, 5.74) is -0.854. The van der Waals surface area contributed by atoms with E-state index in [0.29, 0.717) is 18.2 Å². The van der Waals surface area contributed by atoms with Gasteiger partial charge in [-0.1, -0.05) is 6.92 Å². The summed E-state index contributed by atoms with van der Waals surface area (Å²) in [7, 11) is 1.15. The molecule has 0 saturated carbocycles. The molecule has 2 heterocycles. The van der Waals surface area contributed by atoms with Crippen molar-refractivity contribution >= 4 is 0 Å². The summed E-state index contributed by atoms with van der Waals surface area (Å²) in [4.78, 5) is 3.85. The Balaban J connectivity index is 1.92. The minimum Gasteiger partial charge on any atom is -0.481 e. The second kappa shape index (κ2) is 8.49. The lowest BCUT2D eigenvalue weighted by atomic mass is 10.0. The number of hydrogen-bond acceptors (Lipinski definition) is 4. The predicted octanol–water partition coefficient (Wildman–Crippen LogP) is 5.32. The summed E-state index contributed by atoms with van der Waals surface area (Å²) in [6, 6.07) is 2.97. The van der Waals surface area contributed by atoms with Crippen LogP contribution in [0.15, 0.2) is 36.2 Å². The van der Waals surface area contributed by atoms with Gasteiger partial charge in [-0.05, 0) is 31.5 Å². The van der Waals surface area contributed by atoms with Crippen LogP contribution in [0.3, 0.4) is 0 Å². The third kappa shape index (κ3) is 4.66. The van der Waals surface area contributed by atoms with Gasteiger partial charge in [-0.15, -0.1) is 0 Å². The van der Waals surface area contributed by atoms with E-state index in [0.717, 1.165) is 37.8 Å². The molecule has 0 aliphatic carbocycles. The largest absolute Gasteiger partial charge is 0.481 e. The Morgan fingerprint density at radius 1 is 1.20 bits per heavy atom. The molecule has 0 spiro atoms. The summed E-state index contributed by atoms with van der Waals surface area (Å²) in [6.45, 7) is 3.73. The maximum atomic E-state index is 14.8. The van der Waals surface area contributed by atoms with Crippen LogP contribution >= 0.6 is 0 Å². The molecule has 0 saturated heterocycles. The molecule has 0 fully saturated rings. The van der Waals surface area contributed by atoms with Gasteiger partial charge >= 0.3 is 6.18 Å². The van der Waals surface area contributed by atoms with E-state index in [1.54, 1.807) is 6.92 Å². The van der Waals surface area contributed by atoms with Crippen LogP contribution in [0.5, 0.6) is 5.88 Å². The maximum Gasteiger partial charge on any atom is 0.416 e. The predicted molar refractivity (Wildman–Crippen MR) is 103 cm³/mol. The molecule has 2 aromatic rings. The zero-order valence-corrected chi connectivity index (χ0v) is 16.7. The maximum absolute atomic E-state index is 14.8. The molecule has 1 aromatic carbocycles. The topological polar surface area (TPSA) is 46.2 Å². The van der Waals surface area contributed by atoms with Gasteiger partial charge in [-0.2, -0.15) is 13.2 Å². The second-order valence-corrected chi connectivity index (χ2v) is 7.15. The van der Waals surface area contributed by atoms with Crippen molar-refractivity contribution in [1.29, 1.82) is 0 Å². The summed E-state index contributed by atoms with van der Waals surface area (Å²) in [5.74, 6) is -1.97. The zero-order chi connectivity index (χ0) is 22.1. The Kier molecular flexibility index (Phi) is 6.19. The minimum absolute atomic E-state index is 0.0658. The Hall–Kier alpha value is -2.84. The van der Waals surface area contributed by atoms with Crippen molar-refractivity contribution in [3.63, 3.8) is 0 Å². The van der Waals surface area contributed by atoms with E-state index in [-0.39, 0.29) is 22.7 Å². The third-order valence-corrected chi connectivity index (χ3v) is 5.02. The van der Waals surface area contributed by atoms with Gasteiger partial charge in [0.1, 0.15) is 11.6 Å². The first-order valence-electron chi connectivity index (χ1n) is 9.46. The molecule has 1 aliphatic heterocycles. The number of aromatic nitrogens is 1. The molecule has 1 aliphatic rings. The molecule has 0 amide bonds. The molecule has 9 heteroatoms. The molecular weight excluding hydrogens is 405 g/mol. The third-order valence-electron chi connectivity index (χ3n) is 5.02. The smallest absolute Gasteiger partial charge is 0.416 e. The van der Waals surface area contributed by atoms with E-state index < -0.39 is 29.4 Å². The highest BCUT2D eigenvalue weighted by Gasteiger charge is 2.32. The number of nitrogens with zero attached hydrogens (tertiary/aromatic N) is 1. The molecule has 1 aromatic heterocycles. The van der Waals surface area contributed by atoms with E-state index >= 15 is 0 Å². The van der Waals surface area contributed by atoms with Crippen LogP contribution < -0.4 is 15.4 Å². The number of alkyl halides is 3. The minimum atomic E-state index is -4.68. The van der Waals surface area contributed by atoms with Crippen molar-refractivity contribution in [1.82, 2.24) is 15.6 Å². The SMILES string of the molecule is CC[C@H]1CC(NC(C)c2cc(F)c(-c3cc(C(F)(F)F)cc(OC)n3)cc2F)=CN1. The van der Waals surface area contributed by atoms with Crippen LogP contribution in [0.4, 0.5) is 22.0 Å². The van der Waals surface area contributed by atoms with E-state index in [1.165, 1.54) is 0 Å². The Bertz CT molecular complexity index is 958. The number of benzene rings is 1. The molecule has 162 valence electrons. The zero-order valence-electron chi connectivity index (χ0n) is 16.7. The van der Waals surface area contributed by atoms with Crippen molar-refractivity contribution in [3.8, 4) is 17.1 Å². The summed E-state index contributed by atoms with van der Waals surface area (Å²) < 4.78 is 73.7. The van der Waals surface area contributed by atoms with Crippen molar-refractivity contribution in [3.05, 3.63) is 58.9 Å². The number of pyridine rings is 1. The number of methoxy groups -OCH3 is 1. The molecule has 2 N–H and O–H groups in total. The summed E-state index contributed by atoms with van der Waals surface area (Å²) >= 11 is 0. The lowest BCUT2D eigenvalue weighted by Crippen LogP contribution is -2.20. The first-order chi connectivity index (χ1) is 14.1. The second-order valence-electron chi connectivity index (χ2n) is 7.15. The number of hydrogen-bond donors (Lipinski definition) is 2. The molecular formula is C21H22F5N3O. The van der Waals surface area contributed by atoms with Gasteiger partial charge in [-0.25, -0.2) is 13.8 Å². The van der Waals surface area contributed by atoms with E-state index in [1.807, 2.05) is 13.1 Å². The standard InChI is InChI=1S/C21H22F5N3O/c1-4-13-7-14(10-27-13)28-11(2)15-8-18(23)16(9-17(15)22)19-5-12(21(24,25)26)6-20(29-19)30-3/h5-6,8-11,13,27-28H,4,7H2,1-3H3/t11?,13-/m0/s1. The van der Waals surface area contributed by atoms with Gasteiger partial charge in [0.15, 0.2) is 0 Å². The van der Waals surface area contributed by atoms with Gasteiger partial charge in [0, 0.05) is 41.6 Å². The summed E-state index contributed by atoms with van der Waals surface area (Å²) in [5, 5.41) is 6.34. The van der Waals surface area contributed by atoms with Crippen LogP contribution in [0, 0.1) is 11.6 Å². The molecule has 4 nitrogen and oxygen atoms in total. The fraction of sp³-hybridized carbons (Fsp3) is 0.381. The summed E-state index contributed by atoms with van der Waals surface area (Å²) in [6.07, 6.45) is -1.19. The van der Waals surface area contributed by atoms with E-state index in [2.05, 4.69) is 15.6 Å². The first kappa shape index (κ1) is 21.9. The van der Waals surface area contributed by atoms with Crippen LogP contribution in [0.2, 0.25) is 0 Å². The van der Waals surface area contributed by atoms with E-state index in [4.69, 9.17) is 4.74 Å². The van der Waals surface area contributed by atoms with Crippen LogP contribution in [0.25, 0.3) is 11.3 Å². The molecule has 0 radical (unpaired) electrons. The van der Waals surface area contributed by atoms with Crippen molar-refractivity contribution < 1.29 is 26.7 Å². The molecule has 2 atom stereocenters. The average molecular weight is 427 g/mol. The molecule has 0 bridgehead atoms. The quantitative estimate of drug-likeness (QED) is 0.613. The van der Waals surface area contributed by atoms with Gasteiger partial charge in [0.25, 0.3) is 0 Å². The Morgan fingerprint density at radius 2 is 1.93 bits per heavy atom. The Morgan fingerprint density at radius 3 is 2.53 bits per heavy atom. The molecule has 30 heavy (non-hydrogen) atoms. The monoisotopic (exact) mass is 427 g/mol. The number of rotatable bonds is 6. The normalized spacial score (nSPS) is 17.3. The van der Waals surface area contributed by atoms with Crippen molar-refractivity contribution in [2.75, 3.05) is 7.11 Å². The number of halogens is 5. The van der Waals surface area contributed by atoms with Crippen molar-refractivity contribution in [2.45, 2.75) is 44.9 Å². The highest BCUT2D eigenvalue weighted by molar-refractivity contribution is 5.62. The highest BCUT2D eigenvalue weighted by atomic mass is 19.4. The average Bonchev–Trinajstić information content (AvgIpc) is 3.15. The van der Waals surface area contributed by atoms with Gasteiger partial charge in [0.2, 0.25) is 5.88 Å². The first-order valence-corrected chi connectivity index (χ1v) is 9.46. The van der Waals surface area contributed by atoms with E-state index in [9.17, 15) is 22.0 Å². The lowest BCUT2D eigenvalue weighted by Gasteiger charge is -2.19. The van der Waals surface area contributed by atoms with Crippen LogP contribution in [0.1, 0.15) is 43.9 Å². The van der Waals surface area contributed by atoms with Crippen LogP contribution in [-0.4, -0.2) is 18.1 Å². The van der Waals surface area contributed by atoms with Gasteiger partial charge in [-0.3, -0.25) is 0 Å². The fourth-order valence-electron chi connectivity index (χ4n) is 3.32. The van der Waals surface area contributed by atoms with Gasteiger partial charge < -0.3 is 15.4 Å². The van der Waals surface area contributed by atoms with Crippen LogP contribution in [-0.2, 0) is 6.18 Å². The Labute approximate surface area is 171 Å².